The van der Waals surface area contributed by atoms with Crippen molar-refractivity contribution in [2.75, 3.05) is 19.6 Å². The Morgan fingerprint density at radius 3 is 2.42 bits per heavy atom. The van der Waals surface area contributed by atoms with Gasteiger partial charge in [0.15, 0.2) is 0 Å². The SMILES string of the molecule is CC1CC1C(=O)NCCC(=O)N1CCCC(C(=O)NC2CCCCC2)C1. The summed E-state index contributed by atoms with van der Waals surface area (Å²) in [5.74, 6) is 0.782. The maximum absolute atomic E-state index is 12.5. The molecular weight excluding hydrogens is 330 g/mol. The Hall–Kier alpha value is -1.59. The molecule has 0 aromatic rings. The van der Waals surface area contributed by atoms with Gasteiger partial charge in [0, 0.05) is 38.0 Å². The number of hydrogen-bond acceptors (Lipinski definition) is 3. The van der Waals surface area contributed by atoms with Crippen molar-refractivity contribution in [2.24, 2.45) is 17.8 Å². The third-order valence-corrected chi connectivity index (χ3v) is 6.18. The summed E-state index contributed by atoms with van der Waals surface area (Å²) in [6.07, 6.45) is 8.86. The van der Waals surface area contributed by atoms with E-state index >= 15 is 0 Å². The molecule has 2 saturated carbocycles. The molecule has 2 N–H and O–H groups in total. The van der Waals surface area contributed by atoms with Gasteiger partial charge in [0.25, 0.3) is 0 Å². The Labute approximate surface area is 156 Å². The van der Waals surface area contributed by atoms with E-state index in [0.717, 1.165) is 38.6 Å². The Bertz CT molecular complexity index is 530. The van der Waals surface area contributed by atoms with Gasteiger partial charge >= 0.3 is 0 Å². The van der Waals surface area contributed by atoms with Gasteiger partial charge in [-0.1, -0.05) is 26.2 Å². The highest BCUT2D eigenvalue weighted by Gasteiger charge is 2.38. The minimum atomic E-state index is -0.0865. The van der Waals surface area contributed by atoms with Crippen molar-refractivity contribution in [2.45, 2.75) is 70.8 Å². The average Bonchev–Trinajstić information content (AvgIpc) is 3.39. The van der Waals surface area contributed by atoms with Crippen LogP contribution in [0.15, 0.2) is 0 Å². The van der Waals surface area contributed by atoms with E-state index in [1.54, 1.807) is 4.90 Å². The van der Waals surface area contributed by atoms with Crippen molar-refractivity contribution in [1.82, 2.24) is 15.5 Å². The minimum absolute atomic E-state index is 0.0457. The van der Waals surface area contributed by atoms with E-state index in [0.29, 0.717) is 31.5 Å². The number of hydrogen-bond donors (Lipinski definition) is 2. The lowest BCUT2D eigenvalue weighted by molar-refractivity contribution is -0.135. The van der Waals surface area contributed by atoms with Crippen molar-refractivity contribution in [3.63, 3.8) is 0 Å². The highest BCUT2D eigenvalue weighted by Crippen LogP contribution is 2.37. The zero-order chi connectivity index (χ0) is 18.5. The topological polar surface area (TPSA) is 78.5 Å². The van der Waals surface area contributed by atoms with Gasteiger partial charge in [-0.3, -0.25) is 14.4 Å². The molecule has 3 fully saturated rings. The lowest BCUT2D eigenvalue weighted by atomic mass is 9.93. The van der Waals surface area contributed by atoms with Gasteiger partial charge < -0.3 is 15.5 Å². The normalized spacial score (nSPS) is 29.1. The fourth-order valence-electron chi connectivity index (χ4n) is 4.25. The van der Waals surface area contributed by atoms with E-state index in [9.17, 15) is 14.4 Å². The molecule has 0 radical (unpaired) electrons. The second-order valence-corrected chi connectivity index (χ2v) is 8.38. The molecular formula is C20H33N3O3. The van der Waals surface area contributed by atoms with E-state index in [4.69, 9.17) is 0 Å². The van der Waals surface area contributed by atoms with E-state index in [2.05, 4.69) is 17.6 Å². The molecule has 0 aromatic heterocycles. The van der Waals surface area contributed by atoms with Crippen LogP contribution in [-0.2, 0) is 14.4 Å². The molecule has 3 aliphatic rings. The first-order valence-electron chi connectivity index (χ1n) is 10.4. The first-order valence-corrected chi connectivity index (χ1v) is 10.4. The Morgan fingerprint density at radius 1 is 1.00 bits per heavy atom. The Morgan fingerprint density at radius 2 is 1.73 bits per heavy atom. The van der Waals surface area contributed by atoms with Crippen molar-refractivity contribution in [3.8, 4) is 0 Å². The smallest absolute Gasteiger partial charge is 0.225 e. The fraction of sp³-hybridized carbons (Fsp3) is 0.850. The van der Waals surface area contributed by atoms with Crippen molar-refractivity contribution in [3.05, 3.63) is 0 Å². The summed E-state index contributed by atoms with van der Waals surface area (Å²) in [4.78, 5) is 38.6. The number of amides is 3. The zero-order valence-corrected chi connectivity index (χ0v) is 16.0. The second-order valence-electron chi connectivity index (χ2n) is 8.38. The first kappa shape index (κ1) is 19.2. The molecule has 1 aliphatic heterocycles. The molecule has 3 unspecified atom stereocenters. The predicted octanol–water partition coefficient (Wildman–Crippen LogP) is 1.84. The number of nitrogens with one attached hydrogen (secondary N) is 2. The molecule has 0 aromatic carbocycles. The summed E-state index contributed by atoms with van der Waals surface area (Å²) in [5, 5.41) is 6.06. The molecule has 146 valence electrons. The van der Waals surface area contributed by atoms with Gasteiger partial charge in [-0.05, 0) is 38.0 Å². The highest BCUT2D eigenvalue weighted by molar-refractivity contribution is 5.83. The summed E-state index contributed by atoms with van der Waals surface area (Å²) in [5.41, 5.74) is 0. The van der Waals surface area contributed by atoms with Crippen LogP contribution in [0.1, 0.15) is 64.7 Å². The van der Waals surface area contributed by atoms with Gasteiger partial charge in [0.05, 0.1) is 5.92 Å². The largest absolute Gasteiger partial charge is 0.355 e. The molecule has 3 rings (SSSR count). The van der Waals surface area contributed by atoms with Crippen LogP contribution in [0, 0.1) is 17.8 Å². The number of carbonyl (C=O) groups excluding carboxylic acids is 3. The number of rotatable bonds is 6. The van der Waals surface area contributed by atoms with Crippen molar-refractivity contribution in [1.29, 1.82) is 0 Å². The van der Waals surface area contributed by atoms with Crippen molar-refractivity contribution >= 4 is 17.7 Å². The molecule has 0 spiro atoms. The van der Waals surface area contributed by atoms with Crippen LogP contribution in [0.5, 0.6) is 0 Å². The van der Waals surface area contributed by atoms with Crippen LogP contribution < -0.4 is 10.6 Å². The van der Waals surface area contributed by atoms with Crippen LogP contribution in [0.25, 0.3) is 0 Å². The average molecular weight is 364 g/mol. The molecule has 3 amide bonds. The molecule has 26 heavy (non-hydrogen) atoms. The highest BCUT2D eigenvalue weighted by atomic mass is 16.2. The maximum Gasteiger partial charge on any atom is 0.225 e. The summed E-state index contributed by atoms with van der Waals surface area (Å²) in [6, 6.07) is 0.322. The molecule has 1 heterocycles. The number of likely N-dealkylation sites (tertiary alicyclic amines) is 1. The number of piperidine rings is 1. The van der Waals surface area contributed by atoms with Crippen LogP contribution in [0.4, 0.5) is 0 Å². The van der Waals surface area contributed by atoms with Gasteiger partial charge in [-0.15, -0.1) is 0 Å². The molecule has 6 heteroatoms. The van der Waals surface area contributed by atoms with Gasteiger partial charge in [0.2, 0.25) is 17.7 Å². The van der Waals surface area contributed by atoms with Crippen molar-refractivity contribution < 1.29 is 14.4 Å². The summed E-state index contributed by atoms with van der Waals surface area (Å²) in [6.45, 7) is 3.71. The minimum Gasteiger partial charge on any atom is -0.355 e. The fourth-order valence-corrected chi connectivity index (χ4v) is 4.25. The predicted molar refractivity (Wildman–Crippen MR) is 99.2 cm³/mol. The van der Waals surface area contributed by atoms with Crippen LogP contribution in [0.3, 0.4) is 0 Å². The third-order valence-electron chi connectivity index (χ3n) is 6.18. The molecule has 1 saturated heterocycles. The molecule has 3 atom stereocenters. The zero-order valence-electron chi connectivity index (χ0n) is 16.0. The third kappa shape index (κ3) is 5.21. The molecule has 0 bridgehead atoms. The number of carbonyl (C=O) groups is 3. The Kier molecular flexibility index (Phi) is 6.54. The second kappa shape index (κ2) is 8.87. The summed E-state index contributed by atoms with van der Waals surface area (Å²) in [7, 11) is 0. The standard InChI is InChI=1S/C20H33N3O3/c1-14-12-17(14)20(26)21-10-9-18(24)23-11-5-6-15(13-23)19(25)22-16-7-3-2-4-8-16/h14-17H,2-13H2,1H3,(H,21,26)(H,22,25). The summed E-state index contributed by atoms with van der Waals surface area (Å²) >= 11 is 0. The van der Waals surface area contributed by atoms with Crippen LogP contribution >= 0.6 is 0 Å². The quantitative estimate of drug-likeness (QED) is 0.756. The lowest BCUT2D eigenvalue weighted by Gasteiger charge is -2.33. The van der Waals surface area contributed by atoms with E-state index in [1.165, 1.54) is 19.3 Å². The van der Waals surface area contributed by atoms with E-state index in [-0.39, 0.29) is 29.6 Å². The number of nitrogens with zero attached hydrogens (tertiary/aromatic N) is 1. The van der Waals surface area contributed by atoms with Gasteiger partial charge in [-0.2, -0.15) is 0 Å². The first-order chi connectivity index (χ1) is 12.5. The van der Waals surface area contributed by atoms with Crippen LogP contribution in [-0.4, -0.2) is 48.3 Å². The van der Waals surface area contributed by atoms with Gasteiger partial charge in [0.1, 0.15) is 0 Å². The summed E-state index contributed by atoms with van der Waals surface area (Å²) < 4.78 is 0. The molecule has 6 nitrogen and oxygen atoms in total. The van der Waals surface area contributed by atoms with E-state index in [1.807, 2.05) is 0 Å². The maximum atomic E-state index is 12.5. The van der Waals surface area contributed by atoms with Crippen LogP contribution in [0.2, 0.25) is 0 Å². The molecule has 2 aliphatic carbocycles. The Balaban J connectivity index is 1.38. The van der Waals surface area contributed by atoms with E-state index < -0.39 is 0 Å². The monoisotopic (exact) mass is 363 g/mol. The lowest BCUT2D eigenvalue weighted by Crippen LogP contribution is -2.48. The van der Waals surface area contributed by atoms with Gasteiger partial charge in [-0.25, -0.2) is 0 Å².